The quantitative estimate of drug-likeness (QED) is 0.436. The monoisotopic (exact) mass is 448 g/mol. The molecule has 168 valence electrons. The van der Waals surface area contributed by atoms with Crippen molar-refractivity contribution in [2.24, 2.45) is 0 Å². The second kappa shape index (κ2) is 9.82. The van der Waals surface area contributed by atoms with Crippen LogP contribution in [0.4, 0.5) is 14.9 Å². The van der Waals surface area contributed by atoms with E-state index in [0.717, 1.165) is 16.5 Å². The van der Waals surface area contributed by atoms with Crippen LogP contribution in [0, 0.1) is 5.82 Å². The first kappa shape index (κ1) is 21.8. The number of hydrogen-bond acceptors (Lipinski definition) is 5. The largest absolute Gasteiger partial charge is 0.453 e. The summed E-state index contributed by atoms with van der Waals surface area (Å²) < 4.78 is 25.0. The van der Waals surface area contributed by atoms with E-state index in [1.54, 1.807) is 24.3 Å². The van der Waals surface area contributed by atoms with Crippen molar-refractivity contribution in [1.29, 1.82) is 0 Å². The minimum Gasteiger partial charge on any atom is -0.453 e. The highest BCUT2D eigenvalue weighted by Gasteiger charge is 2.14. The molecule has 2 aromatic heterocycles. The zero-order valence-corrected chi connectivity index (χ0v) is 17.7. The molecule has 0 fully saturated rings. The number of methoxy groups -OCH3 is 1. The van der Waals surface area contributed by atoms with E-state index >= 15 is 0 Å². The molecule has 9 heteroatoms. The number of carbonyl (C=O) groups excluding carboxylic acids is 2. The molecule has 2 amide bonds. The summed E-state index contributed by atoms with van der Waals surface area (Å²) in [5.41, 5.74) is 2.66. The average molecular weight is 448 g/mol. The molecule has 4 rings (SSSR count). The molecule has 0 radical (unpaired) electrons. The minimum atomic E-state index is -0.548. The molecule has 0 saturated carbocycles. The van der Waals surface area contributed by atoms with Crippen molar-refractivity contribution < 1.29 is 23.1 Å². The predicted octanol–water partition coefficient (Wildman–Crippen LogP) is 4.44. The molecule has 0 saturated heterocycles. The normalized spacial score (nSPS) is 11.1. The van der Waals surface area contributed by atoms with E-state index in [1.807, 2.05) is 35.0 Å². The van der Waals surface area contributed by atoms with Gasteiger partial charge >= 0.3 is 6.09 Å². The summed E-state index contributed by atoms with van der Waals surface area (Å²) in [6, 6.07) is 13.9. The number of aromatic nitrogens is 2. The van der Waals surface area contributed by atoms with Crippen LogP contribution in [-0.2, 0) is 11.3 Å². The van der Waals surface area contributed by atoms with Crippen LogP contribution in [0.25, 0.3) is 17.0 Å². The Hall–Kier alpha value is -4.40. The maximum atomic E-state index is 13.2. The number of halogens is 1. The van der Waals surface area contributed by atoms with E-state index in [4.69, 9.17) is 4.42 Å². The zero-order chi connectivity index (χ0) is 23.2. The number of oxazole rings is 1. The standard InChI is InChI=1S/C24H21FN4O4/c1-32-24(31)26-12-3-6-22-27-20(15-33-22)23(30)28-19-4-2-5-21-18(19)11-13-29(21)14-16-7-9-17(25)10-8-16/h2-11,13,15H,12,14H2,1H3,(H,26,31)(H,28,30)/b6-3-. The van der Waals surface area contributed by atoms with Crippen molar-refractivity contribution in [3.05, 3.63) is 90.0 Å². The van der Waals surface area contributed by atoms with E-state index in [2.05, 4.69) is 20.4 Å². The number of carbonyl (C=O) groups is 2. The average Bonchev–Trinajstić information content (AvgIpc) is 3.46. The van der Waals surface area contributed by atoms with Crippen LogP contribution in [0.1, 0.15) is 21.9 Å². The lowest BCUT2D eigenvalue weighted by Crippen LogP contribution is -2.22. The Kier molecular flexibility index (Phi) is 6.49. The van der Waals surface area contributed by atoms with Gasteiger partial charge in [0.25, 0.3) is 5.91 Å². The van der Waals surface area contributed by atoms with Gasteiger partial charge in [-0.15, -0.1) is 0 Å². The second-order valence-corrected chi connectivity index (χ2v) is 7.11. The Morgan fingerprint density at radius 2 is 2.00 bits per heavy atom. The van der Waals surface area contributed by atoms with Crippen molar-refractivity contribution in [1.82, 2.24) is 14.9 Å². The predicted molar refractivity (Wildman–Crippen MR) is 121 cm³/mol. The number of amides is 2. The molecule has 0 aliphatic heterocycles. The minimum absolute atomic E-state index is 0.123. The smallest absolute Gasteiger partial charge is 0.407 e. The van der Waals surface area contributed by atoms with E-state index in [9.17, 15) is 14.0 Å². The molecule has 0 bridgehead atoms. The van der Waals surface area contributed by atoms with Gasteiger partial charge in [-0.3, -0.25) is 4.79 Å². The summed E-state index contributed by atoms with van der Waals surface area (Å²) in [5, 5.41) is 6.22. The SMILES string of the molecule is COC(=O)NC/C=C\c1nc(C(=O)Nc2cccc3c2ccn3Cc2ccc(F)cc2)co1. The molecular formula is C24H21FN4O4. The van der Waals surface area contributed by atoms with Crippen LogP contribution < -0.4 is 10.6 Å². The lowest BCUT2D eigenvalue weighted by atomic mass is 10.2. The Bertz CT molecular complexity index is 1310. The molecule has 0 spiro atoms. The summed E-state index contributed by atoms with van der Waals surface area (Å²) in [4.78, 5) is 27.8. The van der Waals surface area contributed by atoms with Crippen LogP contribution >= 0.6 is 0 Å². The van der Waals surface area contributed by atoms with E-state index < -0.39 is 12.0 Å². The third-order valence-corrected chi connectivity index (χ3v) is 4.89. The van der Waals surface area contributed by atoms with E-state index in [1.165, 1.54) is 25.5 Å². The number of ether oxygens (including phenoxy) is 1. The van der Waals surface area contributed by atoms with Crippen molar-refractivity contribution in [2.45, 2.75) is 6.54 Å². The number of benzene rings is 2. The first-order chi connectivity index (χ1) is 16.0. The third-order valence-electron chi connectivity index (χ3n) is 4.89. The molecular weight excluding hydrogens is 427 g/mol. The van der Waals surface area contributed by atoms with Gasteiger partial charge < -0.3 is 24.4 Å². The summed E-state index contributed by atoms with van der Waals surface area (Å²) in [6.07, 6.45) is 5.80. The highest BCUT2D eigenvalue weighted by atomic mass is 19.1. The Labute approximate surface area is 188 Å². The fraction of sp³-hybridized carbons (Fsp3) is 0.125. The maximum Gasteiger partial charge on any atom is 0.407 e. The molecule has 33 heavy (non-hydrogen) atoms. The number of rotatable bonds is 7. The Balaban J connectivity index is 1.45. The molecule has 2 N–H and O–H groups in total. The fourth-order valence-corrected chi connectivity index (χ4v) is 3.29. The summed E-state index contributed by atoms with van der Waals surface area (Å²) >= 11 is 0. The van der Waals surface area contributed by atoms with Gasteiger partial charge in [0, 0.05) is 24.7 Å². The van der Waals surface area contributed by atoms with Crippen LogP contribution in [0.5, 0.6) is 0 Å². The van der Waals surface area contributed by atoms with Gasteiger partial charge in [0.1, 0.15) is 12.1 Å². The van der Waals surface area contributed by atoms with Crippen LogP contribution in [0.2, 0.25) is 0 Å². The van der Waals surface area contributed by atoms with Gasteiger partial charge in [-0.05, 0) is 42.0 Å². The fourth-order valence-electron chi connectivity index (χ4n) is 3.29. The Morgan fingerprint density at radius 3 is 2.79 bits per heavy atom. The van der Waals surface area contributed by atoms with Gasteiger partial charge in [0.15, 0.2) is 5.69 Å². The highest BCUT2D eigenvalue weighted by molar-refractivity contribution is 6.07. The molecule has 2 aromatic carbocycles. The highest BCUT2D eigenvalue weighted by Crippen LogP contribution is 2.26. The first-order valence-corrected chi connectivity index (χ1v) is 10.1. The summed E-state index contributed by atoms with van der Waals surface area (Å²) in [6.45, 7) is 0.804. The lowest BCUT2D eigenvalue weighted by Gasteiger charge is -2.08. The zero-order valence-electron chi connectivity index (χ0n) is 17.7. The van der Waals surface area contributed by atoms with Crippen molar-refractivity contribution in [3.63, 3.8) is 0 Å². The van der Waals surface area contributed by atoms with Crippen LogP contribution in [0.3, 0.4) is 0 Å². The van der Waals surface area contributed by atoms with Crippen molar-refractivity contribution in [3.8, 4) is 0 Å². The number of nitrogens with one attached hydrogen (secondary N) is 2. The first-order valence-electron chi connectivity index (χ1n) is 10.1. The number of alkyl carbamates (subject to hydrolysis) is 1. The molecule has 0 unspecified atom stereocenters. The van der Waals surface area contributed by atoms with Crippen LogP contribution in [0.15, 0.2) is 71.5 Å². The summed E-state index contributed by atoms with van der Waals surface area (Å²) in [7, 11) is 1.28. The number of anilines is 1. The van der Waals surface area contributed by atoms with E-state index in [-0.39, 0.29) is 23.9 Å². The molecule has 0 aliphatic carbocycles. The molecule has 2 heterocycles. The molecule has 8 nitrogen and oxygen atoms in total. The molecule has 4 aromatic rings. The van der Waals surface area contributed by atoms with Gasteiger partial charge in [-0.2, -0.15) is 0 Å². The number of fused-ring (bicyclic) bond motifs is 1. The molecule has 0 aliphatic rings. The van der Waals surface area contributed by atoms with Gasteiger partial charge in [0.05, 0.1) is 18.3 Å². The Morgan fingerprint density at radius 1 is 1.18 bits per heavy atom. The molecule has 0 atom stereocenters. The number of nitrogens with zero attached hydrogens (tertiary/aromatic N) is 2. The number of hydrogen-bond donors (Lipinski definition) is 2. The summed E-state index contributed by atoms with van der Waals surface area (Å²) in [5.74, 6) is -0.453. The maximum absolute atomic E-state index is 13.2. The van der Waals surface area contributed by atoms with Gasteiger partial charge in [-0.25, -0.2) is 14.2 Å². The van der Waals surface area contributed by atoms with Crippen molar-refractivity contribution in [2.75, 3.05) is 19.0 Å². The third kappa shape index (κ3) is 5.27. The second-order valence-electron chi connectivity index (χ2n) is 7.11. The van der Waals surface area contributed by atoms with E-state index in [0.29, 0.717) is 12.2 Å². The van der Waals surface area contributed by atoms with Crippen molar-refractivity contribution >= 4 is 34.7 Å². The van der Waals surface area contributed by atoms with Gasteiger partial charge in [0.2, 0.25) is 5.89 Å². The van der Waals surface area contributed by atoms with Crippen LogP contribution in [-0.4, -0.2) is 35.2 Å². The van der Waals surface area contributed by atoms with Gasteiger partial charge in [-0.1, -0.05) is 24.3 Å². The topological polar surface area (TPSA) is 98.4 Å². The lowest BCUT2D eigenvalue weighted by molar-refractivity contribution is 0.102.